The minimum Gasteiger partial charge on any atom is -0.346 e. The van der Waals surface area contributed by atoms with Gasteiger partial charge in [-0.05, 0) is 30.7 Å². The molecule has 1 aromatic heterocycles. The zero-order valence-corrected chi connectivity index (χ0v) is 14.9. The lowest BCUT2D eigenvalue weighted by molar-refractivity contribution is -0.137. The van der Waals surface area contributed by atoms with Crippen molar-refractivity contribution in [1.29, 1.82) is 0 Å². The molecule has 0 spiro atoms. The van der Waals surface area contributed by atoms with E-state index in [1.54, 1.807) is 6.92 Å². The van der Waals surface area contributed by atoms with Gasteiger partial charge in [0.05, 0.1) is 17.2 Å². The van der Waals surface area contributed by atoms with Crippen LogP contribution in [0.3, 0.4) is 0 Å². The van der Waals surface area contributed by atoms with Gasteiger partial charge in [0.2, 0.25) is 5.91 Å². The number of hydrogen-bond donors (Lipinski definition) is 1. The number of rotatable bonds is 4. The summed E-state index contributed by atoms with van der Waals surface area (Å²) in [6.45, 7) is 1.55. The number of nitrogens with zero attached hydrogens (tertiary/aromatic N) is 2. The molecule has 1 aromatic carbocycles. The van der Waals surface area contributed by atoms with Crippen molar-refractivity contribution in [2.75, 3.05) is 0 Å². The second-order valence-corrected chi connectivity index (χ2v) is 6.03. The Labute approximate surface area is 152 Å². The Balaban J connectivity index is 2.16. The number of benzene rings is 1. The summed E-state index contributed by atoms with van der Waals surface area (Å²) in [6, 6.07) is 4.00. The number of alkyl halides is 3. The molecule has 0 saturated heterocycles. The van der Waals surface area contributed by atoms with E-state index in [9.17, 15) is 27.6 Å². The maximum absolute atomic E-state index is 12.8. The van der Waals surface area contributed by atoms with Crippen molar-refractivity contribution >= 4 is 12.0 Å². The van der Waals surface area contributed by atoms with Crippen molar-refractivity contribution in [3.8, 4) is 0 Å². The normalized spacial score (nSPS) is 13.0. The van der Waals surface area contributed by atoms with Gasteiger partial charge >= 0.3 is 11.9 Å². The molecule has 1 amide bonds. The number of aryl methyl sites for hydroxylation is 1. The fraction of sp³-hybridized carbons (Fsp3) is 0.278. The molecule has 0 aliphatic heterocycles. The third-order valence-corrected chi connectivity index (χ3v) is 3.96. The van der Waals surface area contributed by atoms with Crippen LogP contribution in [-0.2, 0) is 25.1 Å². The first-order valence-electron chi connectivity index (χ1n) is 7.93. The predicted molar refractivity (Wildman–Crippen MR) is 94.0 cm³/mol. The van der Waals surface area contributed by atoms with E-state index in [0.717, 1.165) is 22.8 Å². The molecule has 0 saturated carbocycles. The third-order valence-electron chi connectivity index (χ3n) is 3.96. The van der Waals surface area contributed by atoms with Gasteiger partial charge in [-0.15, -0.1) is 0 Å². The van der Waals surface area contributed by atoms with Gasteiger partial charge in [-0.2, -0.15) is 13.2 Å². The number of aromatic nitrogens is 2. The first kappa shape index (κ1) is 20.2. The summed E-state index contributed by atoms with van der Waals surface area (Å²) in [4.78, 5) is 35.6. The lowest BCUT2D eigenvalue weighted by Crippen LogP contribution is -2.37. The molecule has 1 heterocycles. The van der Waals surface area contributed by atoms with Crippen LogP contribution in [0.2, 0.25) is 0 Å². The first-order valence-corrected chi connectivity index (χ1v) is 7.93. The van der Waals surface area contributed by atoms with Crippen LogP contribution in [0.1, 0.15) is 29.7 Å². The van der Waals surface area contributed by atoms with Crippen LogP contribution in [0.25, 0.3) is 6.08 Å². The smallest absolute Gasteiger partial charge is 0.346 e. The molecule has 0 aliphatic rings. The summed E-state index contributed by atoms with van der Waals surface area (Å²) in [5.41, 5.74) is -1.44. The van der Waals surface area contributed by atoms with Crippen molar-refractivity contribution in [2.24, 2.45) is 14.1 Å². The summed E-state index contributed by atoms with van der Waals surface area (Å²) < 4.78 is 40.4. The van der Waals surface area contributed by atoms with E-state index < -0.39 is 34.9 Å². The monoisotopic (exact) mass is 381 g/mol. The first-order chi connectivity index (χ1) is 12.5. The fourth-order valence-electron chi connectivity index (χ4n) is 2.45. The third kappa shape index (κ3) is 4.75. The van der Waals surface area contributed by atoms with Crippen LogP contribution in [0.15, 0.2) is 46.1 Å². The molecule has 0 radical (unpaired) electrons. The van der Waals surface area contributed by atoms with Crippen LogP contribution in [0.4, 0.5) is 13.2 Å². The van der Waals surface area contributed by atoms with E-state index in [1.165, 1.54) is 43.1 Å². The standard InChI is InChI=1S/C18H18F3N3O3/c1-11(12-5-4-6-14(9-12)18(19,20)21)22-15(25)8-7-13-10-23(2)17(27)24(3)16(13)26/h4-11H,1-3H3,(H,22,25)/b8-7+. The zero-order valence-electron chi connectivity index (χ0n) is 14.9. The lowest BCUT2D eigenvalue weighted by Gasteiger charge is -2.15. The zero-order chi connectivity index (χ0) is 20.4. The number of carbonyl (C=O) groups is 1. The Kier molecular flexibility index (Phi) is 5.72. The molecule has 27 heavy (non-hydrogen) atoms. The topological polar surface area (TPSA) is 73.1 Å². The van der Waals surface area contributed by atoms with Crippen molar-refractivity contribution < 1.29 is 18.0 Å². The molecular weight excluding hydrogens is 363 g/mol. The van der Waals surface area contributed by atoms with Gasteiger partial charge in [0, 0.05) is 26.4 Å². The molecular formula is C18H18F3N3O3. The minimum absolute atomic E-state index is 0.126. The molecule has 6 nitrogen and oxygen atoms in total. The highest BCUT2D eigenvalue weighted by molar-refractivity contribution is 5.91. The second-order valence-electron chi connectivity index (χ2n) is 6.03. The lowest BCUT2D eigenvalue weighted by atomic mass is 10.0. The van der Waals surface area contributed by atoms with E-state index in [-0.39, 0.29) is 5.56 Å². The molecule has 0 aliphatic carbocycles. The average Bonchev–Trinajstić information content (AvgIpc) is 2.61. The summed E-state index contributed by atoms with van der Waals surface area (Å²) >= 11 is 0. The maximum Gasteiger partial charge on any atom is 0.416 e. The van der Waals surface area contributed by atoms with Crippen molar-refractivity contribution in [2.45, 2.75) is 19.1 Å². The molecule has 1 N–H and O–H groups in total. The van der Waals surface area contributed by atoms with Gasteiger partial charge in [-0.3, -0.25) is 14.2 Å². The highest BCUT2D eigenvalue weighted by Crippen LogP contribution is 2.30. The number of carbonyl (C=O) groups excluding carboxylic acids is 1. The highest BCUT2D eigenvalue weighted by atomic mass is 19.4. The number of hydrogen-bond acceptors (Lipinski definition) is 3. The fourth-order valence-corrected chi connectivity index (χ4v) is 2.45. The molecule has 1 atom stereocenters. The molecule has 0 fully saturated rings. The van der Waals surface area contributed by atoms with Crippen LogP contribution < -0.4 is 16.6 Å². The van der Waals surface area contributed by atoms with E-state index in [4.69, 9.17) is 0 Å². The Morgan fingerprint density at radius 1 is 1.22 bits per heavy atom. The molecule has 2 aromatic rings. The molecule has 144 valence electrons. The largest absolute Gasteiger partial charge is 0.416 e. The molecule has 1 unspecified atom stereocenters. The molecule has 2 rings (SSSR count). The van der Waals surface area contributed by atoms with Gasteiger partial charge < -0.3 is 9.88 Å². The Bertz CT molecular complexity index is 1000. The van der Waals surface area contributed by atoms with Crippen molar-refractivity contribution in [3.05, 3.63) is 74.1 Å². The SMILES string of the molecule is CC(NC(=O)/C=C/c1cn(C)c(=O)n(C)c1=O)c1cccc(C(F)(F)F)c1. The van der Waals surface area contributed by atoms with Crippen LogP contribution in [0, 0.1) is 0 Å². The van der Waals surface area contributed by atoms with Crippen LogP contribution in [0.5, 0.6) is 0 Å². The van der Waals surface area contributed by atoms with E-state index in [1.807, 2.05) is 0 Å². The van der Waals surface area contributed by atoms with Gasteiger partial charge in [0.1, 0.15) is 0 Å². The summed E-state index contributed by atoms with van der Waals surface area (Å²) in [5, 5.41) is 2.53. The van der Waals surface area contributed by atoms with Gasteiger partial charge in [-0.1, -0.05) is 12.1 Å². The summed E-state index contributed by atoms with van der Waals surface area (Å²) in [5.74, 6) is -0.587. The Morgan fingerprint density at radius 2 is 1.89 bits per heavy atom. The highest BCUT2D eigenvalue weighted by Gasteiger charge is 2.30. The quantitative estimate of drug-likeness (QED) is 0.824. The van der Waals surface area contributed by atoms with E-state index in [2.05, 4.69) is 5.32 Å². The summed E-state index contributed by atoms with van der Waals surface area (Å²) in [6.07, 6.45) is -0.838. The number of amides is 1. The number of halogens is 3. The van der Waals surface area contributed by atoms with Gasteiger partial charge in [0.15, 0.2) is 0 Å². The Hall–Kier alpha value is -3.10. The number of nitrogens with one attached hydrogen (secondary N) is 1. The average molecular weight is 381 g/mol. The van der Waals surface area contributed by atoms with Crippen LogP contribution in [-0.4, -0.2) is 15.0 Å². The van der Waals surface area contributed by atoms with E-state index in [0.29, 0.717) is 5.56 Å². The van der Waals surface area contributed by atoms with E-state index >= 15 is 0 Å². The summed E-state index contributed by atoms with van der Waals surface area (Å²) in [7, 11) is 2.78. The maximum atomic E-state index is 12.8. The van der Waals surface area contributed by atoms with Crippen LogP contribution >= 0.6 is 0 Å². The second kappa shape index (κ2) is 7.65. The molecule has 9 heteroatoms. The minimum atomic E-state index is -4.47. The van der Waals surface area contributed by atoms with Crippen molar-refractivity contribution in [3.63, 3.8) is 0 Å². The van der Waals surface area contributed by atoms with Gasteiger partial charge in [-0.25, -0.2) is 4.79 Å². The van der Waals surface area contributed by atoms with Crippen molar-refractivity contribution in [1.82, 2.24) is 14.5 Å². The Morgan fingerprint density at radius 3 is 2.52 bits per heavy atom. The predicted octanol–water partition coefficient (Wildman–Crippen LogP) is 1.99. The van der Waals surface area contributed by atoms with Gasteiger partial charge in [0.25, 0.3) is 5.56 Å². The molecule has 0 bridgehead atoms.